The van der Waals surface area contributed by atoms with Gasteiger partial charge in [0.2, 0.25) is 0 Å². The topological polar surface area (TPSA) is 61.4 Å². The number of hydrogen-bond acceptors (Lipinski definition) is 2. The average molecular weight is 385 g/mol. The molecule has 0 bridgehead atoms. The molecule has 0 saturated heterocycles. The first kappa shape index (κ1) is 21.4. The van der Waals surface area contributed by atoms with Gasteiger partial charge in [0.05, 0.1) is 11.7 Å². The van der Waals surface area contributed by atoms with Gasteiger partial charge in [0.1, 0.15) is 5.82 Å². The lowest BCUT2D eigenvalue weighted by molar-refractivity contribution is 0.0827. The van der Waals surface area contributed by atoms with Crippen LogP contribution in [0.5, 0.6) is 0 Å². The first-order chi connectivity index (χ1) is 13.0. The Morgan fingerprint density at radius 1 is 1.04 bits per heavy atom. The molecule has 5 nitrogen and oxygen atoms in total. The molecule has 28 heavy (non-hydrogen) atoms. The van der Waals surface area contributed by atoms with E-state index < -0.39 is 11.8 Å². The second kappa shape index (κ2) is 8.42. The van der Waals surface area contributed by atoms with E-state index in [0.717, 1.165) is 5.56 Å². The number of rotatable bonds is 4. The predicted molar refractivity (Wildman–Crippen MR) is 110 cm³/mol. The number of hydrogen-bond donors (Lipinski definition) is 2. The molecule has 0 aliphatic heterocycles. The van der Waals surface area contributed by atoms with Crippen LogP contribution in [0.4, 0.5) is 14.9 Å². The minimum absolute atomic E-state index is 0.0412. The van der Waals surface area contributed by atoms with Crippen molar-refractivity contribution >= 4 is 17.6 Å². The van der Waals surface area contributed by atoms with Gasteiger partial charge in [-0.05, 0) is 41.7 Å². The Labute approximate surface area is 165 Å². The van der Waals surface area contributed by atoms with Crippen molar-refractivity contribution < 1.29 is 14.0 Å². The molecule has 0 aliphatic carbocycles. The number of nitrogens with one attached hydrogen (secondary N) is 2. The summed E-state index contributed by atoms with van der Waals surface area (Å²) in [4.78, 5) is 25.7. The van der Waals surface area contributed by atoms with Gasteiger partial charge in [0, 0.05) is 19.7 Å². The highest BCUT2D eigenvalue weighted by atomic mass is 19.1. The zero-order valence-corrected chi connectivity index (χ0v) is 17.3. The van der Waals surface area contributed by atoms with E-state index in [-0.39, 0.29) is 23.1 Å². The Bertz CT molecular complexity index is 855. The lowest BCUT2D eigenvalue weighted by Gasteiger charge is -2.21. The molecule has 0 radical (unpaired) electrons. The van der Waals surface area contributed by atoms with E-state index in [1.165, 1.54) is 28.7 Å². The molecule has 2 N–H and O–H groups in total. The van der Waals surface area contributed by atoms with Gasteiger partial charge in [-0.3, -0.25) is 4.79 Å². The van der Waals surface area contributed by atoms with Gasteiger partial charge < -0.3 is 15.5 Å². The molecular formula is C22H28FN3O2. The Kier molecular flexibility index (Phi) is 6.44. The van der Waals surface area contributed by atoms with Crippen LogP contribution in [-0.4, -0.2) is 30.9 Å². The van der Waals surface area contributed by atoms with Crippen LogP contribution in [-0.2, 0) is 5.41 Å². The van der Waals surface area contributed by atoms with Crippen LogP contribution in [0.1, 0.15) is 55.2 Å². The van der Waals surface area contributed by atoms with Crippen LogP contribution >= 0.6 is 0 Å². The first-order valence-corrected chi connectivity index (χ1v) is 9.18. The monoisotopic (exact) mass is 385 g/mol. The fraction of sp³-hybridized carbons (Fsp3) is 0.364. The zero-order chi connectivity index (χ0) is 21.1. The lowest BCUT2D eigenvalue weighted by atomic mass is 9.86. The number of benzene rings is 2. The molecule has 0 aliphatic rings. The van der Waals surface area contributed by atoms with Crippen molar-refractivity contribution in [3.8, 4) is 0 Å². The smallest absolute Gasteiger partial charge is 0.319 e. The van der Waals surface area contributed by atoms with Gasteiger partial charge in [-0.15, -0.1) is 0 Å². The van der Waals surface area contributed by atoms with Crippen LogP contribution in [0, 0.1) is 5.82 Å². The molecule has 2 aromatic carbocycles. The molecule has 2 aromatic rings. The molecule has 0 saturated carbocycles. The largest absolute Gasteiger partial charge is 0.345 e. The fourth-order valence-electron chi connectivity index (χ4n) is 2.72. The van der Waals surface area contributed by atoms with Gasteiger partial charge in [-0.25, -0.2) is 9.18 Å². The van der Waals surface area contributed by atoms with Gasteiger partial charge >= 0.3 is 6.03 Å². The summed E-state index contributed by atoms with van der Waals surface area (Å²) in [6, 6.07) is 11.1. The molecule has 2 rings (SSSR count). The molecule has 0 heterocycles. The van der Waals surface area contributed by atoms with Crippen LogP contribution in [0.2, 0.25) is 0 Å². The summed E-state index contributed by atoms with van der Waals surface area (Å²) < 4.78 is 14.0. The first-order valence-electron chi connectivity index (χ1n) is 9.18. The maximum atomic E-state index is 14.0. The van der Waals surface area contributed by atoms with E-state index in [1.54, 1.807) is 14.1 Å². The lowest BCUT2D eigenvalue weighted by Crippen LogP contribution is -2.31. The maximum absolute atomic E-state index is 14.0. The summed E-state index contributed by atoms with van der Waals surface area (Å²) in [5, 5.41) is 5.27. The third kappa shape index (κ3) is 5.31. The second-order valence-corrected chi connectivity index (χ2v) is 8.09. The van der Waals surface area contributed by atoms with E-state index >= 15 is 0 Å². The van der Waals surface area contributed by atoms with Crippen molar-refractivity contribution in [3.05, 3.63) is 65.0 Å². The normalized spacial score (nSPS) is 12.2. The molecule has 6 heteroatoms. The number of nitrogens with zero attached hydrogens (tertiary/aromatic N) is 1. The van der Waals surface area contributed by atoms with Crippen molar-refractivity contribution in [2.24, 2.45) is 0 Å². The average Bonchev–Trinajstić information content (AvgIpc) is 2.62. The summed E-state index contributed by atoms with van der Waals surface area (Å²) in [6.45, 7) is 8.27. The molecule has 0 fully saturated rings. The van der Waals surface area contributed by atoms with Crippen molar-refractivity contribution in [1.82, 2.24) is 10.2 Å². The van der Waals surface area contributed by atoms with E-state index in [4.69, 9.17) is 0 Å². The summed E-state index contributed by atoms with van der Waals surface area (Å²) >= 11 is 0. The molecule has 0 spiro atoms. The molecule has 3 amide bonds. The Balaban J connectivity index is 2.07. The van der Waals surface area contributed by atoms with Gasteiger partial charge in [-0.1, -0.05) is 45.0 Å². The highest BCUT2D eigenvalue weighted by Gasteiger charge is 2.16. The third-order valence-electron chi connectivity index (χ3n) is 4.49. The van der Waals surface area contributed by atoms with Gasteiger partial charge in [-0.2, -0.15) is 0 Å². The summed E-state index contributed by atoms with van der Waals surface area (Å²) in [6.07, 6.45) is 0. The molecule has 1 atom stereocenters. The molecule has 0 aromatic heterocycles. The number of carbonyl (C=O) groups excluding carboxylic acids is 2. The minimum Gasteiger partial charge on any atom is -0.345 e. The van der Waals surface area contributed by atoms with E-state index in [0.29, 0.717) is 5.56 Å². The van der Waals surface area contributed by atoms with Crippen LogP contribution < -0.4 is 10.6 Å². The van der Waals surface area contributed by atoms with Crippen molar-refractivity contribution in [2.75, 3.05) is 19.4 Å². The SMILES string of the molecule is C[C@@H](NC(=O)Nc1cc(C(=O)N(C)C)ccc1F)c1ccc(C(C)(C)C)cc1. The van der Waals surface area contributed by atoms with Gasteiger partial charge in [0.25, 0.3) is 5.91 Å². The summed E-state index contributed by atoms with van der Waals surface area (Å²) in [5.74, 6) is -0.872. The van der Waals surface area contributed by atoms with Crippen molar-refractivity contribution in [3.63, 3.8) is 0 Å². The number of amides is 3. The zero-order valence-electron chi connectivity index (χ0n) is 17.3. The highest BCUT2D eigenvalue weighted by molar-refractivity contribution is 5.96. The van der Waals surface area contributed by atoms with E-state index in [9.17, 15) is 14.0 Å². The number of carbonyl (C=O) groups is 2. The Hall–Kier alpha value is -2.89. The molecule has 150 valence electrons. The number of anilines is 1. The predicted octanol–water partition coefficient (Wildman–Crippen LogP) is 4.71. The standard InChI is InChI=1S/C22H28FN3O2/c1-14(15-7-10-17(11-8-15)22(2,3)4)24-21(28)25-19-13-16(9-12-18(19)23)20(27)26(5)6/h7-14H,1-6H3,(H2,24,25,28)/t14-/m1/s1. The maximum Gasteiger partial charge on any atom is 0.319 e. The number of halogens is 1. The quantitative estimate of drug-likeness (QED) is 0.801. The Morgan fingerprint density at radius 2 is 1.64 bits per heavy atom. The van der Waals surface area contributed by atoms with Crippen LogP contribution in [0.15, 0.2) is 42.5 Å². The second-order valence-electron chi connectivity index (χ2n) is 8.09. The van der Waals surface area contributed by atoms with Gasteiger partial charge in [0.15, 0.2) is 0 Å². The third-order valence-corrected chi connectivity index (χ3v) is 4.49. The van der Waals surface area contributed by atoms with Crippen molar-refractivity contribution in [1.29, 1.82) is 0 Å². The molecule has 0 unspecified atom stereocenters. The highest BCUT2D eigenvalue weighted by Crippen LogP contribution is 2.24. The number of urea groups is 1. The van der Waals surface area contributed by atoms with Crippen molar-refractivity contribution in [2.45, 2.75) is 39.2 Å². The fourth-order valence-corrected chi connectivity index (χ4v) is 2.72. The van der Waals surface area contributed by atoms with Crippen LogP contribution in [0.25, 0.3) is 0 Å². The minimum atomic E-state index is -0.604. The summed E-state index contributed by atoms with van der Waals surface area (Å²) in [5.41, 5.74) is 2.46. The molecular weight excluding hydrogens is 357 g/mol. The van der Waals surface area contributed by atoms with Crippen LogP contribution in [0.3, 0.4) is 0 Å². The van der Waals surface area contributed by atoms with E-state index in [1.807, 2.05) is 31.2 Å². The van der Waals surface area contributed by atoms with E-state index in [2.05, 4.69) is 31.4 Å². The summed E-state index contributed by atoms with van der Waals surface area (Å²) in [7, 11) is 3.22. The Morgan fingerprint density at radius 3 is 2.18 bits per heavy atom.